The summed E-state index contributed by atoms with van der Waals surface area (Å²) in [4.78, 5) is 24.6. The maximum atomic E-state index is 13.3. The van der Waals surface area contributed by atoms with Crippen molar-refractivity contribution in [2.24, 2.45) is 65.1 Å². The van der Waals surface area contributed by atoms with Crippen LogP contribution in [0.2, 0.25) is 0 Å². The number of ether oxygens (including phenoxy) is 3. The van der Waals surface area contributed by atoms with Gasteiger partial charge in [0.15, 0.2) is 0 Å². The molecule has 1 saturated heterocycles. The van der Waals surface area contributed by atoms with Gasteiger partial charge in [0.1, 0.15) is 6.10 Å². The van der Waals surface area contributed by atoms with Crippen LogP contribution < -0.4 is 0 Å². The van der Waals surface area contributed by atoms with E-state index in [0.29, 0.717) is 30.3 Å². The van der Waals surface area contributed by atoms with E-state index in [-0.39, 0.29) is 41.9 Å². The first kappa shape index (κ1) is 17.3. The Morgan fingerprint density at radius 2 is 1.79 bits per heavy atom. The molecule has 1 aliphatic heterocycles. The summed E-state index contributed by atoms with van der Waals surface area (Å²) in [5, 5.41) is 0. The third-order valence-corrected chi connectivity index (χ3v) is 10.1. The average Bonchev–Trinajstić information content (AvgIpc) is 3.50. The fourth-order valence-corrected chi connectivity index (χ4v) is 9.35. The Bertz CT molecular complexity index is 790. The minimum atomic E-state index is -0.228. The largest absolute Gasteiger partial charge is 0.466 e. The van der Waals surface area contributed by atoms with Crippen LogP contribution in [0, 0.1) is 65.1 Å². The second-order valence-electron chi connectivity index (χ2n) is 11.0. The number of hydrogen-bond donors (Lipinski definition) is 0. The van der Waals surface area contributed by atoms with Crippen molar-refractivity contribution in [1.82, 2.24) is 0 Å². The summed E-state index contributed by atoms with van der Waals surface area (Å²) in [5.74, 6) is 5.73. The van der Waals surface area contributed by atoms with E-state index in [0.717, 1.165) is 43.1 Å². The van der Waals surface area contributed by atoms with Crippen molar-refractivity contribution in [1.29, 1.82) is 0 Å². The maximum Gasteiger partial charge on any atom is 0.309 e. The van der Waals surface area contributed by atoms with Gasteiger partial charge in [-0.2, -0.15) is 0 Å². The first-order valence-electron chi connectivity index (χ1n) is 11.7. The van der Waals surface area contributed by atoms with Gasteiger partial charge < -0.3 is 14.2 Å². The van der Waals surface area contributed by atoms with Gasteiger partial charge in [-0.1, -0.05) is 12.2 Å². The number of carbonyl (C=O) groups is 2. The van der Waals surface area contributed by atoms with Crippen LogP contribution in [0.15, 0.2) is 12.2 Å². The van der Waals surface area contributed by atoms with Gasteiger partial charge in [0.2, 0.25) is 0 Å². The molecule has 5 saturated carbocycles. The molecule has 0 aromatic heterocycles. The Balaban J connectivity index is 1.07. The molecule has 0 radical (unpaired) electrons. The van der Waals surface area contributed by atoms with E-state index in [9.17, 15) is 9.59 Å². The van der Waals surface area contributed by atoms with Crippen LogP contribution >= 0.6 is 0 Å². The summed E-state index contributed by atoms with van der Waals surface area (Å²) >= 11 is 0. The fourth-order valence-electron chi connectivity index (χ4n) is 9.35. The van der Waals surface area contributed by atoms with E-state index in [1.54, 1.807) is 0 Å². The highest BCUT2D eigenvalue weighted by Crippen LogP contribution is 2.67. The van der Waals surface area contributed by atoms with Crippen molar-refractivity contribution in [3.63, 3.8) is 0 Å². The molecular weight excluding hydrogens is 368 g/mol. The third-order valence-electron chi connectivity index (χ3n) is 10.1. The summed E-state index contributed by atoms with van der Waals surface area (Å²) in [6.45, 7) is 2.63. The zero-order valence-corrected chi connectivity index (χ0v) is 16.9. The standard InChI is InChI=1S/C24H30O5/c1-10(25)27-8-18-16-7-15-19(18)9-28-22(15)23(16)29-24(26)17-6-13-5-14(17)21-12-3-2-11(4-12)20(13)21/h2-3,11-23H,4-9H2,1H3. The molecule has 0 N–H and O–H groups in total. The summed E-state index contributed by atoms with van der Waals surface area (Å²) in [6.07, 6.45) is 9.45. The Morgan fingerprint density at radius 3 is 2.62 bits per heavy atom. The molecule has 7 rings (SSSR count). The quantitative estimate of drug-likeness (QED) is 0.414. The fraction of sp³-hybridized carbons (Fsp3) is 0.833. The minimum Gasteiger partial charge on any atom is -0.466 e. The van der Waals surface area contributed by atoms with Gasteiger partial charge in [0, 0.05) is 18.8 Å². The predicted molar refractivity (Wildman–Crippen MR) is 102 cm³/mol. The summed E-state index contributed by atoms with van der Waals surface area (Å²) in [5.41, 5.74) is 0. The van der Waals surface area contributed by atoms with Crippen LogP contribution in [0.3, 0.4) is 0 Å². The first-order valence-corrected chi connectivity index (χ1v) is 11.7. The predicted octanol–water partition coefficient (Wildman–Crippen LogP) is 2.84. The molecule has 1 heterocycles. The molecule has 0 spiro atoms. The zero-order valence-electron chi connectivity index (χ0n) is 16.9. The number of carbonyl (C=O) groups excluding carboxylic acids is 2. The molecule has 0 amide bonds. The van der Waals surface area contributed by atoms with E-state index in [4.69, 9.17) is 14.2 Å². The number of allylic oxidation sites excluding steroid dienone is 2. The molecule has 6 fully saturated rings. The van der Waals surface area contributed by atoms with Gasteiger partial charge in [0.25, 0.3) is 0 Å². The number of esters is 2. The van der Waals surface area contributed by atoms with Crippen molar-refractivity contribution in [3.8, 4) is 0 Å². The molecule has 13 unspecified atom stereocenters. The van der Waals surface area contributed by atoms with Crippen LogP contribution in [-0.2, 0) is 23.8 Å². The first-order chi connectivity index (χ1) is 14.1. The van der Waals surface area contributed by atoms with Crippen LogP contribution in [0.25, 0.3) is 0 Å². The smallest absolute Gasteiger partial charge is 0.309 e. The maximum absolute atomic E-state index is 13.3. The van der Waals surface area contributed by atoms with Gasteiger partial charge in [-0.3, -0.25) is 9.59 Å². The lowest BCUT2D eigenvalue weighted by Crippen LogP contribution is -2.44. The summed E-state index contributed by atoms with van der Waals surface area (Å²) in [6, 6.07) is 0. The Kier molecular flexibility index (Phi) is 3.51. The van der Waals surface area contributed by atoms with E-state index in [1.165, 1.54) is 19.8 Å². The molecule has 0 aromatic carbocycles. The topological polar surface area (TPSA) is 61.8 Å². The van der Waals surface area contributed by atoms with Crippen molar-refractivity contribution >= 4 is 11.9 Å². The minimum absolute atomic E-state index is 0.0403. The van der Waals surface area contributed by atoms with Gasteiger partial charge >= 0.3 is 11.9 Å². The van der Waals surface area contributed by atoms with Crippen LogP contribution in [0.4, 0.5) is 0 Å². The number of hydrogen-bond acceptors (Lipinski definition) is 5. The average molecular weight is 398 g/mol. The molecule has 0 aromatic rings. The lowest BCUT2D eigenvalue weighted by Gasteiger charge is -2.37. The zero-order chi connectivity index (χ0) is 19.4. The van der Waals surface area contributed by atoms with Crippen LogP contribution in [-0.4, -0.2) is 37.4 Å². The highest BCUT2D eigenvalue weighted by molar-refractivity contribution is 5.74. The van der Waals surface area contributed by atoms with Gasteiger partial charge in [0.05, 0.1) is 25.2 Å². The summed E-state index contributed by atoms with van der Waals surface area (Å²) in [7, 11) is 0. The highest BCUT2D eigenvalue weighted by atomic mass is 16.6. The van der Waals surface area contributed by atoms with Crippen LogP contribution in [0.5, 0.6) is 0 Å². The Hall–Kier alpha value is -1.36. The second kappa shape index (κ2) is 5.87. The number of fused-ring (bicyclic) bond motifs is 10. The molecular formula is C24H30O5. The number of rotatable bonds is 4. The van der Waals surface area contributed by atoms with Gasteiger partial charge in [-0.05, 0) is 73.0 Å². The third kappa shape index (κ3) is 2.21. The normalized spacial score (nSPS) is 56.9. The highest BCUT2D eigenvalue weighted by Gasteiger charge is 2.66. The van der Waals surface area contributed by atoms with Crippen molar-refractivity contribution in [2.75, 3.05) is 13.2 Å². The molecule has 13 atom stereocenters. The molecule has 156 valence electrons. The van der Waals surface area contributed by atoms with Crippen molar-refractivity contribution in [3.05, 3.63) is 12.2 Å². The van der Waals surface area contributed by atoms with Crippen molar-refractivity contribution < 1.29 is 23.8 Å². The summed E-state index contributed by atoms with van der Waals surface area (Å²) < 4.78 is 17.7. The lowest BCUT2D eigenvalue weighted by atomic mass is 9.69. The monoisotopic (exact) mass is 398 g/mol. The Morgan fingerprint density at radius 1 is 0.966 bits per heavy atom. The molecule has 6 aliphatic carbocycles. The van der Waals surface area contributed by atoms with E-state index in [1.807, 2.05) is 0 Å². The Labute approximate surface area is 171 Å². The van der Waals surface area contributed by atoms with Gasteiger partial charge in [-0.25, -0.2) is 0 Å². The molecule has 29 heavy (non-hydrogen) atoms. The van der Waals surface area contributed by atoms with Crippen LogP contribution in [0.1, 0.15) is 32.6 Å². The molecule has 5 heteroatoms. The second-order valence-corrected chi connectivity index (χ2v) is 11.0. The lowest BCUT2D eigenvalue weighted by molar-refractivity contribution is -0.168. The van der Waals surface area contributed by atoms with Crippen molar-refractivity contribution in [2.45, 2.75) is 44.8 Å². The van der Waals surface area contributed by atoms with Gasteiger partial charge in [-0.15, -0.1) is 0 Å². The SMILES string of the molecule is CC(=O)OCC1C2COC3C2CC1C3OC(=O)C1CC2CC1C1C3C=CC(C3)C21. The molecule has 5 nitrogen and oxygen atoms in total. The molecule has 6 bridgehead atoms. The van der Waals surface area contributed by atoms with E-state index in [2.05, 4.69) is 12.2 Å². The van der Waals surface area contributed by atoms with E-state index >= 15 is 0 Å². The molecule has 7 aliphatic rings. The van der Waals surface area contributed by atoms with E-state index < -0.39 is 0 Å².